The summed E-state index contributed by atoms with van der Waals surface area (Å²) < 4.78 is 52.2. The SMILES string of the molecule is Cn1cnc(C2CC3CC(O)(C#CC(F)(F)F)CC3C2)c1C(=O)Nc1ccc(F)c(Cl)c1. The van der Waals surface area contributed by atoms with Gasteiger partial charge in [-0.05, 0) is 55.7 Å². The summed E-state index contributed by atoms with van der Waals surface area (Å²) in [6.45, 7) is 0. The van der Waals surface area contributed by atoms with E-state index < -0.39 is 23.5 Å². The second-order valence-corrected chi connectivity index (χ2v) is 8.96. The Bertz CT molecular complexity index is 1100. The molecule has 4 rings (SSSR count). The molecule has 2 atom stereocenters. The summed E-state index contributed by atoms with van der Waals surface area (Å²) >= 11 is 5.78. The van der Waals surface area contributed by atoms with Crippen LogP contribution in [0.3, 0.4) is 0 Å². The molecule has 2 fully saturated rings. The molecule has 1 amide bonds. The molecule has 10 heteroatoms. The number of anilines is 1. The number of nitrogens with one attached hydrogen (secondary N) is 1. The van der Waals surface area contributed by atoms with Crippen molar-refractivity contribution in [2.75, 3.05) is 5.32 Å². The average molecular weight is 470 g/mol. The van der Waals surface area contributed by atoms with Crippen molar-refractivity contribution < 1.29 is 27.5 Å². The number of benzene rings is 1. The van der Waals surface area contributed by atoms with E-state index in [2.05, 4.69) is 10.3 Å². The van der Waals surface area contributed by atoms with Gasteiger partial charge in [-0.3, -0.25) is 4.79 Å². The van der Waals surface area contributed by atoms with Crippen LogP contribution in [-0.4, -0.2) is 32.3 Å². The van der Waals surface area contributed by atoms with Gasteiger partial charge in [-0.15, -0.1) is 0 Å². The first-order chi connectivity index (χ1) is 14.9. The zero-order valence-electron chi connectivity index (χ0n) is 17.0. The predicted molar refractivity (Wildman–Crippen MR) is 110 cm³/mol. The van der Waals surface area contributed by atoms with E-state index in [4.69, 9.17) is 11.6 Å². The summed E-state index contributed by atoms with van der Waals surface area (Å²) in [5.41, 5.74) is -0.354. The topological polar surface area (TPSA) is 67.1 Å². The van der Waals surface area contributed by atoms with Crippen molar-refractivity contribution in [3.05, 3.63) is 46.8 Å². The zero-order chi connectivity index (χ0) is 23.3. The number of rotatable bonds is 3. The maximum absolute atomic E-state index is 13.4. The minimum absolute atomic E-state index is 0.00126. The van der Waals surface area contributed by atoms with Gasteiger partial charge in [0, 0.05) is 24.6 Å². The summed E-state index contributed by atoms with van der Waals surface area (Å²) in [5.74, 6) is 2.12. The number of halogens is 5. The second kappa shape index (κ2) is 8.09. The highest BCUT2D eigenvalue weighted by Crippen LogP contribution is 2.53. The molecule has 2 aromatic rings. The highest BCUT2D eigenvalue weighted by molar-refractivity contribution is 6.31. The fourth-order valence-electron chi connectivity index (χ4n) is 4.96. The van der Waals surface area contributed by atoms with Gasteiger partial charge >= 0.3 is 6.18 Å². The van der Waals surface area contributed by atoms with Crippen LogP contribution in [0, 0.1) is 29.5 Å². The molecule has 0 aliphatic heterocycles. The first kappa shape index (κ1) is 22.6. The summed E-state index contributed by atoms with van der Waals surface area (Å²) in [6, 6.07) is 3.87. The van der Waals surface area contributed by atoms with Crippen LogP contribution in [0.5, 0.6) is 0 Å². The van der Waals surface area contributed by atoms with Gasteiger partial charge < -0.3 is 15.0 Å². The Labute approximate surface area is 186 Å². The third-order valence-corrected chi connectivity index (χ3v) is 6.51. The molecule has 2 saturated carbocycles. The second-order valence-electron chi connectivity index (χ2n) is 8.55. The van der Waals surface area contributed by atoms with Gasteiger partial charge in [-0.1, -0.05) is 17.5 Å². The molecule has 1 aromatic carbocycles. The summed E-state index contributed by atoms with van der Waals surface area (Å²) in [6.07, 6.45) is -1.58. The maximum atomic E-state index is 13.4. The van der Waals surface area contributed by atoms with Crippen LogP contribution in [0.1, 0.15) is 47.8 Å². The van der Waals surface area contributed by atoms with Crippen molar-refractivity contribution in [2.45, 2.75) is 43.4 Å². The molecule has 2 aliphatic rings. The molecule has 2 aliphatic carbocycles. The number of amides is 1. The first-order valence-corrected chi connectivity index (χ1v) is 10.4. The third-order valence-electron chi connectivity index (χ3n) is 6.22. The van der Waals surface area contributed by atoms with E-state index in [-0.39, 0.29) is 35.6 Å². The lowest BCUT2D eigenvalue weighted by atomic mass is 9.92. The molecule has 5 nitrogen and oxygen atoms in total. The Kier molecular flexibility index (Phi) is 5.72. The van der Waals surface area contributed by atoms with Crippen molar-refractivity contribution in [1.82, 2.24) is 9.55 Å². The lowest BCUT2D eigenvalue weighted by molar-refractivity contribution is -0.0704. The number of nitrogens with zero attached hydrogens (tertiary/aromatic N) is 2. The molecule has 0 bridgehead atoms. The number of imidazole rings is 1. The van der Waals surface area contributed by atoms with Gasteiger partial charge in [0.05, 0.1) is 17.0 Å². The number of aliphatic hydroxyl groups is 1. The van der Waals surface area contributed by atoms with Crippen LogP contribution in [0.15, 0.2) is 24.5 Å². The molecule has 2 unspecified atom stereocenters. The Balaban J connectivity index is 1.48. The van der Waals surface area contributed by atoms with Gasteiger partial charge in [0.2, 0.25) is 0 Å². The molecule has 0 saturated heterocycles. The summed E-state index contributed by atoms with van der Waals surface area (Å²) in [7, 11) is 1.68. The molecule has 2 N–H and O–H groups in total. The van der Waals surface area contributed by atoms with Gasteiger partial charge in [0.15, 0.2) is 0 Å². The molecular weight excluding hydrogens is 450 g/mol. The fourth-order valence-corrected chi connectivity index (χ4v) is 5.14. The quantitative estimate of drug-likeness (QED) is 0.507. The number of aromatic nitrogens is 2. The minimum atomic E-state index is -4.64. The van der Waals surface area contributed by atoms with Crippen molar-refractivity contribution in [1.29, 1.82) is 0 Å². The third kappa shape index (κ3) is 4.62. The standard InChI is InChI=1S/C22H20ClF4N3O2/c1-30-11-28-18(19(30)20(31)29-15-2-3-17(24)16(23)8-15)12-6-13-9-21(32,10-14(13)7-12)4-5-22(25,26)27/h2-3,8,11-14,32H,6-7,9-10H2,1H3,(H,29,31). The van der Waals surface area contributed by atoms with Crippen LogP contribution < -0.4 is 5.32 Å². The smallest absolute Gasteiger partial charge is 0.378 e. The van der Waals surface area contributed by atoms with E-state index in [1.54, 1.807) is 11.6 Å². The number of fused-ring (bicyclic) bond motifs is 1. The van der Waals surface area contributed by atoms with E-state index in [0.717, 1.165) is 6.07 Å². The van der Waals surface area contributed by atoms with Gasteiger partial charge in [-0.25, -0.2) is 9.37 Å². The first-order valence-electron chi connectivity index (χ1n) is 10.1. The molecule has 0 radical (unpaired) electrons. The predicted octanol–water partition coefficient (Wildman–Crippen LogP) is 4.67. The van der Waals surface area contributed by atoms with E-state index in [9.17, 15) is 27.5 Å². The van der Waals surface area contributed by atoms with E-state index >= 15 is 0 Å². The zero-order valence-corrected chi connectivity index (χ0v) is 17.8. The minimum Gasteiger partial charge on any atom is -0.378 e. The summed E-state index contributed by atoms with van der Waals surface area (Å²) in [4.78, 5) is 17.3. The lowest BCUT2D eigenvalue weighted by Crippen LogP contribution is -2.24. The van der Waals surface area contributed by atoms with Crippen molar-refractivity contribution in [3.8, 4) is 11.8 Å². The Morgan fingerprint density at radius 2 is 1.97 bits per heavy atom. The summed E-state index contributed by atoms with van der Waals surface area (Å²) in [5, 5.41) is 13.1. The average Bonchev–Trinajstić information content (AvgIpc) is 3.33. The van der Waals surface area contributed by atoms with Gasteiger partial charge in [0.25, 0.3) is 5.91 Å². The Morgan fingerprint density at radius 3 is 2.56 bits per heavy atom. The Morgan fingerprint density at radius 1 is 1.31 bits per heavy atom. The van der Waals surface area contributed by atoms with Crippen LogP contribution in [0.4, 0.5) is 23.2 Å². The normalized spacial score (nSPS) is 27.0. The van der Waals surface area contributed by atoms with Crippen LogP contribution in [0.2, 0.25) is 5.02 Å². The molecular formula is C22H20ClF4N3O2. The molecule has 0 spiro atoms. The highest BCUT2D eigenvalue weighted by atomic mass is 35.5. The van der Waals surface area contributed by atoms with Crippen LogP contribution in [-0.2, 0) is 7.05 Å². The number of alkyl halides is 3. The van der Waals surface area contributed by atoms with Crippen molar-refractivity contribution in [2.24, 2.45) is 18.9 Å². The molecule has 170 valence electrons. The van der Waals surface area contributed by atoms with Crippen LogP contribution in [0.25, 0.3) is 0 Å². The van der Waals surface area contributed by atoms with Gasteiger partial charge in [0.1, 0.15) is 17.1 Å². The van der Waals surface area contributed by atoms with Crippen molar-refractivity contribution >= 4 is 23.2 Å². The lowest BCUT2D eigenvalue weighted by Gasteiger charge is -2.19. The fraction of sp³-hybridized carbons (Fsp3) is 0.455. The molecule has 1 aromatic heterocycles. The number of carbonyl (C=O) groups is 1. The van der Waals surface area contributed by atoms with E-state index in [1.807, 2.05) is 5.92 Å². The highest BCUT2D eigenvalue weighted by Gasteiger charge is 2.49. The number of hydrogen-bond acceptors (Lipinski definition) is 3. The van der Waals surface area contributed by atoms with E-state index in [1.165, 1.54) is 24.4 Å². The van der Waals surface area contributed by atoms with E-state index in [0.29, 0.717) is 29.9 Å². The molecule has 32 heavy (non-hydrogen) atoms. The number of hydrogen-bond donors (Lipinski definition) is 2. The largest absolute Gasteiger partial charge is 0.457 e. The van der Waals surface area contributed by atoms with Crippen LogP contribution >= 0.6 is 11.6 Å². The molecule has 1 heterocycles. The number of carbonyl (C=O) groups excluding carboxylic acids is 1. The Hall–Kier alpha value is -2.57. The maximum Gasteiger partial charge on any atom is 0.457 e. The number of aryl methyl sites for hydroxylation is 1. The van der Waals surface area contributed by atoms with Gasteiger partial charge in [-0.2, -0.15) is 13.2 Å². The van der Waals surface area contributed by atoms with Crippen molar-refractivity contribution in [3.63, 3.8) is 0 Å². The monoisotopic (exact) mass is 469 g/mol.